The number of carbonyl (C=O) groups excluding carboxylic acids is 1. The van der Waals surface area contributed by atoms with Gasteiger partial charge in [0.25, 0.3) is 5.91 Å². The molecule has 0 fully saturated rings. The van der Waals surface area contributed by atoms with Gasteiger partial charge in [0, 0.05) is 19.5 Å². The predicted molar refractivity (Wildman–Crippen MR) is 150 cm³/mol. The molecule has 1 heterocycles. The van der Waals surface area contributed by atoms with E-state index in [4.69, 9.17) is 9.72 Å². The van der Waals surface area contributed by atoms with Crippen molar-refractivity contribution in [1.82, 2.24) is 14.9 Å². The standard InChI is InChI=1S/C31H45N3O2/c1-4-5-6-7-8-9-10-11-12-15-22-34-28-17-14-13-16-27(28)33-30(34)20-21-32-31(35)24-36-29-23-25(2)18-19-26(29)3/h13-14,16-19,23H,4-12,15,20-22,24H2,1-3H3,(H,32,35). The molecule has 3 aromatic rings. The summed E-state index contributed by atoms with van der Waals surface area (Å²) >= 11 is 0. The second-order valence-corrected chi connectivity index (χ2v) is 10.0. The van der Waals surface area contributed by atoms with Gasteiger partial charge in [-0.15, -0.1) is 0 Å². The Bertz CT molecular complexity index is 1070. The summed E-state index contributed by atoms with van der Waals surface area (Å²) in [6.07, 6.45) is 14.0. The number of amides is 1. The monoisotopic (exact) mass is 491 g/mol. The number of para-hydroxylation sites is 2. The van der Waals surface area contributed by atoms with Crippen molar-refractivity contribution in [2.75, 3.05) is 13.2 Å². The summed E-state index contributed by atoms with van der Waals surface area (Å²) < 4.78 is 8.08. The first-order valence-corrected chi connectivity index (χ1v) is 14.0. The Balaban J connectivity index is 1.42. The van der Waals surface area contributed by atoms with Gasteiger partial charge >= 0.3 is 0 Å². The fourth-order valence-electron chi connectivity index (χ4n) is 4.69. The molecule has 0 bridgehead atoms. The lowest BCUT2D eigenvalue weighted by molar-refractivity contribution is -0.123. The van der Waals surface area contributed by atoms with Gasteiger partial charge in [-0.3, -0.25) is 4.79 Å². The number of hydrogen-bond donors (Lipinski definition) is 1. The number of nitrogens with zero attached hydrogens (tertiary/aromatic N) is 2. The van der Waals surface area contributed by atoms with Crippen LogP contribution in [0.5, 0.6) is 5.75 Å². The molecule has 0 aliphatic rings. The van der Waals surface area contributed by atoms with E-state index in [1.165, 1.54) is 69.7 Å². The Morgan fingerprint density at radius 3 is 2.36 bits per heavy atom. The van der Waals surface area contributed by atoms with Crippen LogP contribution in [0.4, 0.5) is 0 Å². The fraction of sp³-hybridized carbons (Fsp3) is 0.548. The number of aryl methyl sites for hydroxylation is 3. The van der Waals surface area contributed by atoms with Crippen LogP contribution >= 0.6 is 0 Å². The number of unbranched alkanes of at least 4 members (excludes halogenated alkanes) is 9. The topological polar surface area (TPSA) is 56.2 Å². The molecule has 0 aliphatic carbocycles. The van der Waals surface area contributed by atoms with Crippen molar-refractivity contribution in [2.45, 2.75) is 97.9 Å². The Kier molecular flexibility index (Phi) is 11.8. The minimum Gasteiger partial charge on any atom is -0.483 e. The minimum absolute atomic E-state index is 0.0271. The number of aromatic nitrogens is 2. The van der Waals surface area contributed by atoms with Gasteiger partial charge in [0.1, 0.15) is 11.6 Å². The van der Waals surface area contributed by atoms with Crippen molar-refractivity contribution in [3.8, 4) is 5.75 Å². The lowest BCUT2D eigenvalue weighted by Crippen LogP contribution is -2.31. The van der Waals surface area contributed by atoms with Gasteiger partial charge < -0.3 is 14.6 Å². The van der Waals surface area contributed by atoms with E-state index in [9.17, 15) is 4.79 Å². The van der Waals surface area contributed by atoms with E-state index in [0.717, 1.165) is 34.8 Å². The molecule has 2 aromatic carbocycles. The number of rotatable bonds is 17. The van der Waals surface area contributed by atoms with Crippen molar-refractivity contribution >= 4 is 16.9 Å². The molecule has 0 saturated carbocycles. The number of nitrogens with one attached hydrogen (secondary N) is 1. The van der Waals surface area contributed by atoms with Gasteiger partial charge in [0.05, 0.1) is 11.0 Å². The molecular formula is C31H45N3O2. The summed E-state index contributed by atoms with van der Waals surface area (Å²) in [6.45, 7) is 7.85. The summed E-state index contributed by atoms with van der Waals surface area (Å²) in [6, 6.07) is 14.4. The zero-order valence-electron chi connectivity index (χ0n) is 22.7. The molecule has 0 atom stereocenters. The summed E-state index contributed by atoms with van der Waals surface area (Å²) in [5.41, 5.74) is 4.38. The van der Waals surface area contributed by atoms with E-state index in [1.807, 2.05) is 38.1 Å². The van der Waals surface area contributed by atoms with Gasteiger partial charge in [0.15, 0.2) is 6.61 Å². The van der Waals surface area contributed by atoms with Crippen LogP contribution < -0.4 is 10.1 Å². The molecule has 0 aliphatic heterocycles. The van der Waals surface area contributed by atoms with Gasteiger partial charge in [0.2, 0.25) is 0 Å². The molecular weight excluding hydrogens is 446 g/mol. The smallest absolute Gasteiger partial charge is 0.257 e. The van der Waals surface area contributed by atoms with Gasteiger partial charge in [-0.1, -0.05) is 89.0 Å². The van der Waals surface area contributed by atoms with Crippen LogP contribution in [-0.2, 0) is 17.8 Å². The highest BCUT2D eigenvalue weighted by atomic mass is 16.5. The molecule has 1 aromatic heterocycles. The molecule has 1 N–H and O–H groups in total. The lowest BCUT2D eigenvalue weighted by Gasteiger charge is -2.11. The molecule has 36 heavy (non-hydrogen) atoms. The zero-order chi connectivity index (χ0) is 25.6. The van der Waals surface area contributed by atoms with Gasteiger partial charge in [-0.2, -0.15) is 0 Å². The highest BCUT2D eigenvalue weighted by Gasteiger charge is 2.11. The third-order valence-electron chi connectivity index (χ3n) is 6.84. The van der Waals surface area contributed by atoms with Gasteiger partial charge in [-0.05, 0) is 49.6 Å². The minimum atomic E-state index is -0.103. The van der Waals surface area contributed by atoms with Crippen molar-refractivity contribution in [3.63, 3.8) is 0 Å². The quantitative estimate of drug-likeness (QED) is 0.201. The summed E-state index contributed by atoms with van der Waals surface area (Å²) in [5.74, 6) is 1.71. The van der Waals surface area contributed by atoms with E-state index in [2.05, 4.69) is 35.0 Å². The average molecular weight is 492 g/mol. The lowest BCUT2D eigenvalue weighted by atomic mass is 10.1. The van der Waals surface area contributed by atoms with E-state index in [1.54, 1.807) is 0 Å². The Labute approximate surface area is 217 Å². The Hall–Kier alpha value is -2.82. The van der Waals surface area contributed by atoms with Crippen LogP contribution in [0.15, 0.2) is 42.5 Å². The highest BCUT2D eigenvalue weighted by molar-refractivity contribution is 5.78. The molecule has 196 valence electrons. The molecule has 0 radical (unpaired) electrons. The number of benzene rings is 2. The van der Waals surface area contributed by atoms with Crippen LogP contribution in [0.25, 0.3) is 11.0 Å². The van der Waals surface area contributed by atoms with Crippen molar-refractivity contribution in [2.24, 2.45) is 0 Å². The third-order valence-corrected chi connectivity index (χ3v) is 6.84. The van der Waals surface area contributed by atoms with Crippen molar-refractivity contribution in [1.29, 1.82) is 0 Å². The largest absolute Gasteiger partial charge is 0.483 e. The maximum Gasteiger partial charge on any atom is 0.257 e. The third kappa shape index (κ3) is 9.00. The normalized spacial score (nSPS) is 11.2. The second kappa shape index (κ2) is 15.3. The summed E-state index contributed by atoms with van der Waals surface area (Å²) in [5, 5.41) is 3.00. The van der Waals surface area contributed by atoms with E-state index >= 15 is 0 Å². The number of ether oxygens (including phenoxy) is 1. The Morgan fingerprint density at radius 2 is 1.61 bits per heavy atom. The molecule has 5 heteroatoms. The van der Waals surface area contributed by atoms with Crippen LogP contribution in [0.1, 0.15) is 88.1 Å². The fourth-order valence-corrected chi connectivity index (χ4v) is 4.69. The zero-order valence-corrected chi connectivity index (χ0v) is 22.7. The van der Waals surface area contributed by atoms with Crippen LogP contribution in [0.3, 0.4) is 0 Å². The maximum absolute atomic E-state index is 12.4. The molecule has 0 unspecified atom stereocenters. The number of carbonyl (C=O) groups is 1. The summed E-state index contributed by atoms with van der Waals surface area (Å²) in [4.78, 5) is 17.2. The SMILES string of the molecule is CCCCCCCCCCCCn1c(CCNC(=O)COc2cc(C)ccc2C)nc2ccccc21. The van der Waals surface area contributed by atoms with Crippen molar-refractivity contribution in [3.05, 3.63) is 59.4 Å². The number of fused-ring (bicyclic) bond motifs is 1. The van der Waals surface area contributed by atoms with E-state index in [-0.39, 0.29) is 12.5 Å². The first kappa shape index (κ1) is 27.8. The average Bonchev–Trinajstić information content (AvgIpc) is 3.23. The van der Waals surface area contributed by atoms with Crippen LogP contribution in [0, 0.1) is 13.8 Å². The number of imidazole rings is 1. The van der Waals surface area contributed by atoms with Gasteiger partial charge in [-0.25, -0.2) is 4.98 Å². The molecule has 0 saturated heterocycles. The highest BCUT2D eigenvalue weighted by Crippen LogP contribution is 2.20. The molecule has 0 spiro atoms. The predicted octanol–water partition coefficient (Wildman–Crippen LogP) is 7.31. The van der Waals surface area contributed by atoms with Crippen molar-refractivity contribution < 1.29 is 9.53 Å². The van der Waals surface area contributed by atoms with Crippen LogP contribution in [0.2, 0.25) is 0 Å². The van der Waals surface area contributed by atoms with E-state index < -0.39 is 0 Å². The number of hydrogen-bond acceptors (Lipinski definition) is 3. The van der Waals surface area contributed by atoms with Crippen LogP contribution in [-0.4, -0.2) is 28.6 Å². The first-order chi connectivity index (χ1) is 17.6. The molecule has 5 nitrogen and oxygen atoms in total. The summed E-state index contributed by atoms with van der Waals surface area (Å²) in [7, 11) is 0. The Morgan fingerprint density at radius 1 is 0.917 bits per heavy atom. The molecule has 1 amide bonds. The first-order valence-electron chi connectivity index (χ1n) is 14.0. The van der Waals surface area contributed by atoms with E-state index in [0.29, 0.717) is 13.0 Å². The molecule has 3 rings (SSSR count). The maximum atomic E-state index is 12.4. The second-order valence-electron chi connectivity index (χ2n) is 10.0.